The molecule has 0 unspecified atom stereocenters. The summed E-state index contributed by atoms with van der Waals surface area (Å²) in [6, 6.07) is 0. The third-order valence-electron chi connectivity index (χ3n) is 0.368. The van der Waals surface area contributed by atoms with Crippen LogP contribution in [0.1, 0.15) is 0 Å². The van der Waals surface area contributed by atoms with Gasteiger partial charge >= 0.3 is 11.9 Å². The highest BCUT2D eigenvalue weighted by Gasteiger charge is 1.89. The summed E-state index contributed by atoms with van der Waals surface area (Å²) in [7, 11) is 17.0. The first-order chi connectivity index (χ1) is 7.63. The molecule has 18 heavy (non-hydrogen) atoms. The zero-order chi connectivity index (χ0) is 15.6. The lowest BCUT2D eigenvalue weighted by molar-refractivity contribution is -0.849. The summed E-state index contributed by atoms with van der Waals surface area (Å²) in [5, 5.41) is 15.6. The molecule has 0 saturated carbocycles. The second kappa shape index (κ2) is 9.61. The Morgan fingerprint density at radius 2 is 0.778 bits per heavy atom. The number of quaternary nitrogens is 2. The van der Waals surface area contributed by atoms with Crippen LogP contribution in [0.25, 0.3) is 0 Å². The molecule has 0 aromatic rings. The molecule has 108 valence electrons. The van der Waals surface area contributed by atoms with Crippen molar-refractivity contribution in [1.82, 2.24) is 0 Å². The van der Waals surface area contributed by atoms with E-state index in [4.69, 9.17) is 10.2 Å². The Morgan fingerprint density at radius 3 is 0.833 bits per heavy atom. The monoisotopic (exact) mass is 264 g/mol. The van der Waals surface area contributed by atoms with E-state index in [2.05, 4.69) is 56.4 Å². The van der Waals surface area contributed by atoms with Crippen molar-refractivity contribution in [3.8, 4) is 0 Å². The highest BCUT2D eigenvalue weighted by Crippen LogP contribution is 1.74. The molecule has 0 saturated heterocycles. The van der Waals surface area contributed by atoms with E-state index in [1.165, 1.54) is 0 Å². The third kappa shape index (κ3) is 208. The van der Waals surface area contributed by atoms with Crippen LogP contribution in [0, 0.1) is 0 Å². The number of hydrogen-bond acceptors (Lipinski definition) is 2. The fourth-order valence-electron chi connectivity index (χ4n) is 0.143. The molecule has 0 atom stereocenters. The minimum Gasteiger partial charge on any atom is -0.478 e. The van der Waals surface area contributed by atoms with E-state index in [1.54, 1.807) is 0 Å². The van der Waals surface area contributed by atoms with Crippen LogP contribution in [0.3, 0.4) is 0 Å². The number of nitrogens with zero attached hydrogens (tertiary/aromatic N) is 2. The summed E-state index contributed by atoms with van der Waals surface area (Å²) in [6.07, 6.45) is 1.12. The molecule has 6 nitrogen and oxygen atoms in total. The molecular formula is C12H28N2O4+2. The number of aliphatic carboxylic acids is 2. The molecule has 0 aliphatic rings. The Balaban J connectivity index is -0.000000197. The summed E-state index contributed by atoms with van der Waals surface area (Å²) in [5.41, 5.74) is 0. The molecule has 2 N–H and O–H groups in total. The van der Waals surface area contributed by atoms with Crippen LogP contribution in [0.2, 0.25) is 0 Å². The van der Waals surface area contributed by atoms with Gasteiger partial charge in [-0.25, -0.2) is 9.59 Å². The van der Waals surface area contributed by atoms with Crippen molar-refractivity contribution in [3.05, 3.63) is 12.2 Å². The van der Waals surface area contributed by atoms with Gasteiger partial charge in [0.05, 0.1) is 56.4 Å². The largest absolute Gasteiger partial charge is 0.478 e. The van der Waals surface area contributed by atoms with E-state index in [9.17, 15) is 9.59 Å². The van der Waals surface area contributed by atoms with E-state index in [0.29, 0.717) is 12.2 Å². The maximum Gasteiger partial charge on any atom is 0.328 e. The van der Waals surface area contributed by atoms with Gasteiger partial charge in [0.2, 0.25) is 0 Å². The van der Waals surface area contributed by atoms with Crippen molar-refractivity contribution in [2.45, 2.75) is 0 Å². The Kier molecular flexibility index (Phi) is 11.7. The molecule has 0 heterocycles. The Labute approximate surface area is 110 Å². The van der Waals surface area contributed by atoms with E-state index in [-0.39, 0.29) is 0 Å². The van der Waals surface area contributed by atoms with Crippen molar-refractivity contribution >= 4 is 11.9 Å². The Bertz CT molecular complexity index is 233. The van der Waals surface area contributed by atoms with Gasteiger partial charge in [-0.1, -0.05) is 0 Å². The summed E-state index contributed by atoms with van der Waals surface area (Å²) >= 11 is 0. The maximum absolute atomic E-state index is 9.55. The van der Waals surface area contributed by atoms with Gasteiger partial charge in [-0.15, -0.1) is 0 Å². The van der Waals surface area contributed by atoms with Gasteiger partial charge in [0.1, 0.15) is 0 Å². The van der Waals surface area contributed by atoms with Gasteiger partial charge < -0.3 is 19.2 Å². The molecule has 6 heteroatoms. The number of hydrogen-bond donors (Lipinski definition) is 2. The molecule has 0 spiro atoms. The predicted octanol–water partition coefficient (Wildman–Crippen LogP) is 0.357. The van der Waals surface area contributed by atoms with Gasteiger partial charge in [-0.3, -0.25) is 0 Å². The van der Waals surface area contributed by atoms with Crippen LogP contribution in [0.15, 0.2) is 12.2 Å². The van der Waals surface area contributed by atoms with Gasteiger partial charge in [0, 0.05) is 12.2 Å². The highest BCUT2D eigenvalue weighted by molar-refractivity contribution is 5.89. The average Bonchev–Trinajstić information content (AvgIpc) is 1.93. The Morgan fingerprint density at radius 1 is 0.667 bits per heavy atom. The topological polar surface area (TPSA) is 74.6 Å². The number of carboxylic acid groups (broad SMARTS) is 2. The molecular weight excluding hydrogens is 236 g/mol. The second-order valence-electron chi connectivity index (χ2n) is 6.38. The van der Waals surface area contributed by atoms with Crippen LogP contribution in [-0.4, -0.2) is 87.5 Å². The molecule has 0 rings (SSSR count). The number of carbonyl (C=O) groups is 2. The van der Waals surface area contributed by atoms with Crippen molar-refractivity contribution in [2.75, 3.05) is 56.4 Å². The van der Waals surface area contributed by atoms with E-state index < -0.39 is 11.9 Å². The predicted molar refractivity (Wildman–Crippen MR) is 72.3 cm³/mol. The third-order valence-corrected chi connectivity index (χ3v) is 0.368. The molecule has 0 fully saturated rings. The number of rotatable bonds is 2. The fraction of sp³-hybridized carbons (Fsp3) is 0.667. The van der Waals surface area contributed by atoms with Gasteiger partial charge in [-0.05, 0) is 0 Å². The van der Waals surface area contributed by atoms with Gasteiger partial charge in [0.25, 0.3) is 0 Å². The summed E-state index contributed by atoms with van der Waals surface area (Å²) in [5.74, 6) is -2.51. The average molecular weight is 264 g/mol. The molecule has 0 aliphatic carbocycles. The van der Waals surface area contributed by atoms with Crippen molar-refractivity contribution in [2.24, 2.45) is 0 Å². The van der Waals surface area contributed by atoms with E-state index in [0.717, 1.165) is 8.97 Å². The number of carboxylic acids is 2. The molecule has 0 aromatic heterocycles. The zero-order valence-corrected chi connectivity index (χ0v) is 12.8. The van der Waals surface area contributed by atoms with E-state index in [1.807, 2.05) is 0 Å². The quantitative estimate of drug-likeness (QED) is 0.558. The van der Waals surface area contributed by atoms with Crippen molar-refractivity contribution < 1.29 is 28.8 Å². The Hall–Kier alpha value is -1.40. The SMILES string of the molecule is C[N+](C)(C)C.C[N+](C)(C)C.O=C(O)/C=C/C(=O)O. The van der Waals surface area contributed by atoms with E-state index >= 15 is 0 Å². The summed E-state index contributed by atoms with van der Waals surface area (Å²) in [6.45, 7) is 0. The molecule has 0 radical (unpaired) electrons. The summed E-state index contributed by atoms with van der Waals surface area (Å²) < 4.78 is 2.00. The van der Waals surface area contributed by atoms with Crippen molar-refractivity contribution in [1.29, 1.82) is 0 Å². The fourth-order valence-corrected chi connectivity index (χ4v) is 0.143. The highest BCUT2D eigenvalue weighted by atomic mass is 16.4. The maximum atomic E-state index is 9.55. The first-order valence-corrected chi connectivity index (χ1v) is 5.34. The first kappa shape index (κ1) is 21.8. The molecule has 0 amide bonds. The lowest BCUT2D eigenvalue weighted by Gasteiger charge is -2.14. The first-order valence-electron chi connectivity index (χ1n) is 5.34. The van der Waals surface area contributed by atoms with Gasteiger partial charge in [-0.2, -0.15) is 0 Å². The molecule has 0 aromatic carbocycles. The minimum absolute atomic E-state index is 0.558. The van der Waals surface area contributed by atoms with Gasteiger partial charge in [0.15, 0.2) is 0 Å². The minimum atomic E-state index is -1.26. The lowest BCUT2D eigenvalue weighted by atomic mass is 10.5. The summed E-state index contributed by atoms with van der Waals surface area (Å²) in [4.78, 5) is 19.1. The zero-order valence-electron chi connectivity index (χ0n) is 12.8. The van der Waals surface area contributed by atoms with Crippen LogP contribution in [0.5, 0.6) is 0 Å². The smallest absolute Gasteiger partial charge is 0.328 e. The normalized spacial score (nSPS) is 10.9. The molecule has 0 bridgehead atoms. The van der Waals surface area contributed by atoms with Crippen LogP contribution in [0.4, 0.5) is 0 Å². The second-order valence-corrected chi connectivity index (χ2v) is 6.38. The lowest BCUT2D eigenvalue weighted by Crippen LogP contribution is -2.27. The van der Waals surface area contributed by atoms with Crippen molar-refractivity contribution in [3.63, 3.8) is 0 Å². The van der Waals surface area contributed by atoms with Crippen LogP contribution >= 0.6 is 0 Å². The molecule has 0 aliphatic heterocycles. The van der Waals surface area contributed by atoms with Crippen LogP contribution in [-0.2, 0) is 9.59 Å². The standard InChI is InChI=1S/2C4H12N.C4H4O4/c2*1-5(2,3)4;5-3(6)1-2-4(7)8/h2*1-4H3;1-2H,(H,5,6)(H,7,8)/q2*+1;/b;;2-1+. The van der Waals surface area contributed by atoms with Crippen LogP contribution < -0.4 is 0 Å².